The van der Waals surface area contributed by atoms with Crippen molar-refractivity contribution >= 4 is 48.7 Å². The Morgan fingerprint density at radius 3 is 1.76 bits per heavy atom. The largest absolute Gasteiger partial charge is 0.370 e. The Balaban J connectivity index is -0.00000612. The average molecular weight is 582 g/mol. The van der Waals surface area contributed by atoms with Crippen molar-refractivity contribution in [2.75, 3.05) is 26.2 Å². The van der Waals surface area contributed by atoms with Crippen molar-refractivity contribution < 1.29 is 0 Å². The molecule has 0 bridgehead atoms. The molecule has 0 aromatic carbocycles. The molecule has 10 N–H and O–H groups in total. The number of nitrogens with zero attached hydrogens (tertiary/aromatic N) is 4. The molecule has 0 fully saturated rings. The summed E-state index contributed by atoms with van der Waals surface area (Å²) in [4.78, 5) is 17.2. The number of rotatable bonds is 19. The molecule has 2 atom stereocenters. The number of hydrogen-bond donors (Lipinski definition) is 6. The van der Waals surface area contributed by atoms with E-state index in [0.717, 1.165) is 57.6 Å². The summed E-state index contributed by atoms with van der Waals surface area (Å²) in [5, 5.41) is 6.75. The standard InChI is InChI=1S/C26H56N10.2ClH/c1-5-9-15-21(7-3)19-33-26(34-20-22(8-4)16-10-6-2)36-25(30)32-18-14-12-11-13-17-31-24(29)35-23(27)28;;/h21-22H,5-20H2,1-4H3,(H6,27,28,29,31,35)(H4,30,32,33,34,36);2*1H. The van der Waals surface area contributed by atoms with Gasteiger partial charge in [-0.25, -0.2) is 0 Å². The first kappa shape index (κ1) is 40.6. The number of aliphatic imine (C=N–C) groups is 4. The van der Waals surface area contributed by atoms with Crippen molar-refractivity contribution in [3.63, 3.8) is 0 Å². The van der Waals surface area contributed by atoms with Crippen LogP contribution in [0.4, 0.5) is 0 Å². The highest BCUT2D eigenvalue weighted by Gasteiger charge is 2.10. The highest BCUT2D eigenvalue weighted by molar-refractivity contribution is 5.97. The van der Waals surface area contributed by atoms with E-state index in [0.29, 0.717) is 30.9 Å². The zero-order valence-electron chi connectivity index (χ0n) is 24.4. The molecule has 0 radical (unpaired) electrons. The molecule has 0 aromatic heterocycles. The zero-order valence-corrected chi connectivity index (χ0v) is 26.0. The first-order chi connectivity index (χ1) is 17.4. The van der Waals surface area contributed by atoms with Crippen LogP contribution in [0.3, 0.4) is 0 Å². The highest BCUT2D eigenvalue weighted by Crippen LogP contribution is 2.13. The predicted octanol–water partition coefficient (Wildman–Crippen LogP) is 4.26. The monoisotopic (exact) mass is 580 g/mol. The van der Waals surface area contributed by atoms with Crippen LogP contribution in [0.2, 0.25) is 0 Å². The van der Waals surface area contributed by atoms with Crippen molar-refractivity contribution in [2.24, 2.45) is 54.7 Å². The van der Waals surface area contributed by atoms with Crippen LogP contribution in [0.15, 0.2) is 20.0 Å². The van der Waals surface area contributed by atoms with Crippen LogP contribution in [0, 0.1) is 11.8 Å². The van der Waals surface area contributed by atoms with Crippen molar-refractivity contribution in [3.05, 3.63) is 0 Å². The van der Waals surface area contributed by atoms with E-state index in [2.05, 4.69) is 53.3 Å². The lowest BCUT2D eigenvalue weighted by Gasteiger charge is -2.19. The molecule has 0 saturated heterocycles. The van der Waals surface area contributed by atoms with Gasteiger partial charge in [-0.05, 0) is 37.5 Å². The summed E-state index contributed by atoms with van der Waals surface area (Å²) in [6, 6.07) is 0. The number of hydrogen-bond acceptors (Lipinski definition) is 3. The molecule has 38 heavy (non-hydrogen) atoms. The van der Waals surface area contributed by atoms with E-state index in [1.807, 2.05) is 0 Å². The molecule has 0 heterocycles. The van der Waals surface area contributed by atoms with Gasteiger partial charge in [0, 0.05) is 26.2 Å². The second-order valence-corrected chi connectivity index (χ2v) is 9.49. The van der Waals surface area contributed by atoms with Crippen molar-refractivity contribution in [1.29, 1.82) is 0 Å². The van der Waals surface area contributed by atoms with Crippen LogP contribution in [-0.4, -0.2) is 50.0 Å². The van der Waals surface area contributed by atoms with Gasteiger partial charge < -0.3 is 28.3 Å². The molecular formula is C26H58Cl2N10. The molecule has 0 amide bonds. The fourth-order valence-corrected chi connectivity index (χ4v) is 3.76. The summed E-state index contributed by atoms with van der Waals surface area (Å²) in [6.07, 6.45) is 13.7. The summed E-state index contributed by atoms with van der Waals surface area (Å²) in [5.74, 6) is 2.44. The SMILES string of the molecule is CCCCC(CC)CN=C(NCC(CC)CCCC)NC(N)=NCCCCCCN=C(N)N=C(N)N.Cl.Cl. The maximum atomic E-state index is 6.20. The van der Waals surface area contributed by atoms with E-state index in [-0.39, 0.29) is 36.7 Å². The molecule has 12 heteroatoms. The smallest absolute Gasteiger partial charge is 0.218 e. The lowest BCUT2D eigenvalue weighted by atomic mass is 9.99. The maximum Gasteiger partial charge on any atom is 0.218 e. The minimum Gasteiger partial charge on any atom is -0.370 e. The Kier molecular flexibility index (Phi) is 30.0. The van der Waals surface area contributed by atoms with Gasteiger partial charge in [0.1, 0.15) is 0 Å². The summed E-state index contributed by atoms with van der Waals surface area (Å²) >= 11 is 0. The molecule has 0 aromatic rings. The summed E-state index contributed by atoms with van der Waals surface area (Å²) in [7, 11) is 0. The van der Waals surface area contributed by atoms with Gasteiger partial charge >= 0.3 is 0 Å². The van der Waals surface area contributed by atoms with Gasteiger partial charge in [-0.1, -0.05) is 79.1 Å². The van der Waals surface area contributed by atoms with Crippen molar-refractivity contribution in [3.8, 4) is 0 Å². The van der Waals surface area contributed by atoms with E-state index < -0.39 is 0 Å². The minimum atomic E-state index is -0.0768. The Hall–Kier alpha value is -1.94. The van der Waals surface area contributed by atoms with Crippen LogP contribution in [-0.2, 0) is 0 Å². The number of halogens is 2. The Labute approximate surface area is 244 Å². The third kappa shape index (κ3) is 24.4. The van der Waals surface area contributed by atoms with Gasteiger partial charge in [0.25, 0.3) is 0 Å². The molecule has 0 saturated carbocycles. The van der Waals surface area contributed by atoms with E-state index in [1.165, 1.54) is 38.5 Å². The van der Waals surface area contributed by atoms with Gasteiger partial charge in [-0.3, -0.25) is 20.3 Å². The topological polar surface area (TPSA) is 178 Å². The van der Waals surface area contributed by atoms with Crippen LogP contribution >= 0.6 is 24.8 Å². The van der Waals surface area contributed by atoms with E-state index in [9.17, 15) is 0 Å². The third-order valence-corrected chi connectivity index (χ3v) is 6.26. The molecule has 226 valence electrons. The number of nitrogens with two attached hydrogens (primary N) is 4. The zero-order chi connectivity index (χ0) is 27.0. The maximum absolute atomic E-state index is 6.20. The van der Waals surface area contributed by atoms with Gasteiger partial charge in [-0.15, -0.1) is 24.8 Å². The second-order valence-electron chi connectivity index (χ2n) is 9.49. The first-order valence-corrected chi connectivity index (χ1v) is 14.1. The van der Waals surface area contributed by atoms with Gasteiger partial charge in [0.05, 0.1) is 0 Å². The number of nitrogens with one attached hydrogen (secondary N) is 2. The average Bonchev–Trinajstić information content (AvgIpc) is 2.85. The number of guanidine groups is 4. The molecular weight excluding hydrogens is 523 g/mol. The minimum absolute atomic E-state index is 0. The molecule has 0 aliphatic heterocycles. The first-order valence-electron chi connectivity index (χ1n) is 14.1. The van der Waals surface area contributed by atoms with Crippen LogP contribution in [0.25, 0.3) is 0 Å². The lowest BCUT2D eigenvalue weighted by molar-refractivity contribution is 0.441. The molecule has 10 nitrogen and oxygen atoms in total. The van der Waals surface area contributed by atoms with Gasteiger partial charge in [-0.2, -0.15) is 4.99 Å². The quantitative estimate of drug-likeness (QED) is 0.0754. The molecule has 0 rings (SSSR count). The lowest BCUT2D eigenvalue weighted by Crippen LogP contribution is -2.46. The molecule has 0 aliphatic rings. The summed E-state index contributed by atoms with van der Waals surface area (Å²) < 4.78 is 0. The normalized spacial score (nSPS) is 13.6. The van der Waals surface area contributed by atoms with E-state index >= 15 is 0 Å². The fourth-order valence-electron chi connectivity index (χ4n) is 3.76. The van der Waals surface area contributed by atoms with Crippen LogP contribution < -0.4 is 33.6 Å². The molecule has 0 spiro atoms. The molecule has 2 unspecified atom stereocenters. The highest BCUT2D eigenvalue weighted by atomic mass is 35.5. The fraction of sp³-hybridized carbons (Fsp3) is 0.846. The molecule has 0 aliphatic carbocycles. The van der Waals surface area contributed by atoms with Crippen molar-refractivity contribution in [2.45, 2.75) is 105 Å². The van der Waals surface area contributed by atoms with E-state index in [1.54, 1.807) is 0 Å². The Bertz CT molecular complexity index is 664. The van der Waals surface area contributed by atoms with Gasteiger partial charge in [0.15, 0.2) is 17.9 Å². The summed E-state index contributed by atoms with van der Waals surface area (Å²) in [5.41, 5.74) is 22.3. The van der Waals surface area contributed by atoms with E-state index in [4.69, 9.17) is 27.9 Å². The Morgan fingerprint density at radius 1 is 0.684 bits per heavy atom. The Morgan fingerprint density at radius 2 is 1.24 bits per heavy atom. The summed E-state index contributed by atoms with van der Waals surface area (Å²) in [6.45, 7) is 12.0. The van der Waals surface area contributed by atoms with Crippen molar-refractivity contribution in [1.82, 2.24) is 10.6 Å². The van der Waals surface area contributed by atoms with Crippen LogP contribution in [0.1, 0.15) is 105 Å². The number of unbranched alkanes of at least 4 members (excludes halogenated alkanes) is 5. The second kappa shape index (κ2) is 28.1. The predicted molar refractivity (Wildman–Crippen MR) is 172 cm³/mol. The van der Waals surface area contributed by atoms with Crippen LogP contribution in [0.5, 0.6) is 0 Å². The van der Waals surface area contributed by atoms with Gasteiger partial charge in [0.2, 0.25) is 5.96 Å². The third-order valence-electron chi connectivity index (χ3n) is 6.26.